The predicted molar refractivity (Wildman–Crippen MR) is 70.6 cm³/mol. The van der Waals surface area contributed by atoms with Crippen LogP contribution in [0.15, 0.2) is 9.27 Å². The van der Waals surface area contributed by atoms with Gasteiger partial charge in [-0.25, -0.2) is 4.79 Å². The van der Waals surface area contributed by atoms with Crippen LogP contribution in [0, 0.1) is 13.8 Å². The van der Waals surface area contributed by atoms with Gasteiger partial charge in [0.15, 0.2) is 6.29 Å². The molecule has 1 fully saturated rings. The monoisotopic (exact) mass is 316 g/mol. The summed E-state index contributed by atoms with van der Waals surface area (Å²) in [6, 6.07) is 0. The van der Waals surface area contributed by atoms with Crippen LogP contribution in [-0.2, 0) is 16.0 Å². The van der Waals surface area contributed by atoms with Gasteiger partial charge in [-0.3, -0.25) is 4.57 Å². The Bertz CT molecular complexity index is 481. The van der Waals surface area contributed by atoms with Crippen LogP contribution in [0.1, 0.15) is 24.2 Å². The molecule has 0 unspecified atom stereocenters. The Balaban J connectivity index is 2.09. The van der Waals surface area contributed by atoms with Crippen molar-refractivity contribution in [3.63, 3.8) is 0 Å². The Kier molecular flexibility index (Phi) is 4.53. The molecule has 2 rings (SSSR count). The maximum atomic E-state index is 11.8. The first-order valence-corrected chi connectivity index (χ1v) is 6.85. The fraction of sp³-hybridized carbons (Fsp3) is 0.667. The average Bonchev–Trinajstić information content (AvgIpc) is 2.37. The highest BCUT2D eigenvalue weighted by Crippen LogP contribution is 2.17. The minimum atomic E-state index is -0.219. The lowest BCUT2D eigenvalue weighted by Gasteiger charge is -2.23. The van der Waals surface area contributed by atoms with E-state index in [1.165, 1.54) is 0 Å². The normalized spacial score (nSPS) is 17.1. The molecule has 1 aliphatic heterocycles. The third kappa shape index (κ3) is 2.99. The van der Waals surface area contributed by atoms with Gasteiger partial charge < -0.3 is 9.47 Å². The van der Waals surface area contributed by atoms with E-state index in [4.69, 9.17) is 9.47 Å². The van der Waals surface area contributed by atoms with Crippen molar-refractivity contribution >= 4 is 15.9 Å². The number of ether oxygens (including phenoxy) is 2. The predicted octanol–water partition coefficient (Wildman–Crippen LogP) is 1.78. The molecular formula is C12H17BrN2O3. The van der Waals surface area contributed by atoms with Gasteiger partial charge in [0.1, 0.15) is 0 Å². The first kappa shape index (κ1) is 13.7. The molecule has 1 aliphatic rings. The van der Waals surface area contributed by atoms with Crippen molar-refractivity contribution in [3.8, 4) is 0 Å². The summed E-state index contributed by atoms with van der Waals surface area (Å²) in [4.78, 5) is 15.8. The summed E-state index contributed by atoms with van der Waals surface area (Å²) in [7, 11) is 0. The van der Waals surface area contributed by atoms with Crippen LogP contribution in [0.3, 0.4) is 0 Å². The van der Waals surface area contributed by atoms with Crippen molar-refractivity contribution in [2.24, 2.45) is 0 Å². The summed E-state index contributed by atoms with van der Waals surface area (Å²) in [6.07, 6.45) is 1.40. The lowest BCUT2D eigenvalue weighted by molar-refractivity contribution is -0.182. The third-order valence-electron chi connectivity index (χ3n) is 3.02. The Labute approximate surface area is 114 Å². The van der Waals surface area contributed by atoms with Gasteiger partial charge in [0.25, 0.3) is 0 Å². The minimum absolute atomic E-state index is 0.204. The molecule has 0 amide bonds. The summed E-state index contributed by atoms with van der Waals surface area (Å²) in [5.41, 5.74) is 1.39. The molecule has 100 valence electrons. The van der Waals surface area contributed by atoms with Gasteiger partial charge in [-0.05, 0) is 36.2 Å². The highest BCUT2D eigenvalue weighted by molar-refractivity contribution is 9.10. The minimum Gasteiger partial charge on any atom is -0.353 e. The van der Waals surface area contributed by atoms with Gasteiger partial charge in [-0.15, -0.1) is 0 Å². The van der Waals surface area contributed by atoms with E-state index in [1.54, 1.807) is 4.57 Å². The summed E-state index contributed by atoms with van der Waals surface area (Å²) in [6.45, 7) is 5.74. The largest absolute Gasteiger partial charge is 0.353 e. The van der Waals surface area contributed by atoms with Crippen LogP contribution in [0.25, 0.3) is 0 Å². The molecule has 0 bridgehead atoms. The molecule has 0 N–H and O–H groups in total. The summed E-state index contributed by atoms with van der Waals surface area (Å²) >= 11 is 3.45. The Hall–Kier alpha value is -0.720. The van der Waals surface area contributed by atoms with Gasteiger partial charge in [0.2, 0.25) is 0 Å². The van der Waals surface area contributed by atoms with E-state index in [2.05, 4.69) is 20.9 Å². The first-order chi connectivity index (χ1) is 8.59. The Morgan fingerprint density at radius 3 is 2.72 bits per heavy atom. The van der Waals surface area contributed by atoms with Crippen molar-refractivity contribution in [3.05, 3.63) is 26.3 Å². The number of nitrogens with zero attached hydrogens (tertiary/aromatic N) is 2. The summed E-state index contributed by atoms with van der Waals surface area (Å²) in [5, 5.41) is 0. The van der Waals surface area contributed by atoms with E-state index in [-0.39, 0.29) is 12.0 Å². The molecule has 6 heteroatoms. The second kappa shape index (κ2) is 5.95. The van der Waals surface area contributed by atoms with E-state index >= 15 is 0 Å². The molecule has 5 nitrogen and oxygen atoms in total. The number of aromatic nitrogens is 2. The molecule has 2 heterocycles. The Morgan fingerprint density at radius 2 is 2.06 bits per heavy atom. The Morgan fingerprint density at radius 1 is 1.39 bits per heavy atom. The number of aryl methyl sites for hydroxylation is 1. The third-order valence-corrected chi connectivity index (χ3v) is 4.17. The standard InChI is InChI=1S/C12H17BrN2O3/c1-8-11(13)9(2)15(12(16)14-8)5-4-10-17-6-3-7-18-10/h10H,3-7H2,1-2H3. The van der Waals surface area contributed by atoms with E-state index in [1.807, 2.05) is 13.8 Å². The second-order valence-electron chi connectivity index (χ2n) is 4.34. The zero-order valence-corrected chi connectivity index (χ0v) is 12.2. The number of hydrogen-bond acceptors (Lipinski definition) is 4. The van der Waals surface area contributed by atoms with Gasteiger partial charge >= 0.3 is 5.69 Å². The highest BCUT2D eigenvalue weighted by Gasteiger charge is 2.16. The highest BCUT2D eigenvalue weighted by atomic mass is 79.9. The SMILES string of the molecule is Cc1nc(=O)n(CCC2OCCCO2)c(C)c1Br. The molecule has 1 aromatic rings. The fourth-order valence-electron chi connectivity index (χ4n) is 1.98. The fourth-order valence-corrected chi connectivity index (χ4v) is 2.28. The number of hydrogen-bond donors (Lipinski definition) is 0. The lowest BCUT2D eigenvalue weighted by atomic mass is 10.3. The molecule has 18 heavy (non-hydrogen) atoms. The van der Waals surface area contributed by atoms with Gasteiger partial charge in [-0.2, -0.15) is 4.98 Å². The molecular weight excluding hydrogens is 300 g/mol. The van der Waals surface area contributed by atoms with Crippen LogP contribution in [0.2, 0.25) is 0 Å². The molecule has 1 aromatic heterocycles. The maximum Gasteiger partial charge on any atom is 0.348 e. The van der Waals surface area contributed by atoms with Crippen LogP contribution in [0.4, 0.5) is 0 Å². The van der Waals surface area contributed by atoms with Gasteiger partial charge in [0, 0.05) is 18.7 Å². The number of rotatable bonds is 3. The van der Waals surface area contributed by atoms with Crippen LogP contribution >= 0.6 is 15.9 Å². The van der Waals surface area contributed by atoms with Crippen molar-refractivity contribution in [2.75, 3.05) is 13.2 Å². The summed E-state index contributed by atoms with van der Waals surface area (Å²) < 4.78 is 13.5. The lowest BCUT2D eigenvalue weighted by Crippen LogP contribution is -2.31. The van der Waals surface area contributed by atoms with Crippen LogP contribution < -0.4 is 5.69 Å². The molecule has 0 spiro atoms. The van der Waals surface area contributed by atoms with Crippen LogP contribution in [-0.4, -0.2) is 29.1 Å². The van der Waals surface area contributed by atoms with Crippen molar-refractivity contribution in [2.45, 2.75) is 39.5 Å². The van der Waals surface area contributed by atoms with Gasteiger partial charge in [0.05, 0.1) is 23.4 Å². The molecule has 1 saturated heterocycles. The molecule has 0 aromatic carbocycles. The van der Waals surface area contributed by atoms with Crippen LogP contribution in [0.5, 0.6) is 0 Å². The quantitative estimate of drug-likeness (QED) is 0.853. The molecule has 0 radical (unpaired) electrons. The topological polar surface area (TPSA) is 53.4 Å². The zero-order valence-electron chi connectivity index (χ0n) is 10.6. The maximum absolute atomic E-state index is 11.8. The van der Waals surface area contributed by atoms with E-state index in [9.17, 15) is 4.79 Å². The van der Waals surface area contributed by atoms with E-state index < -0.39 is 0 Å². The summed E-state index contributed by atoms with van der Waals surface area (Å²) in [5.74, 6) is 0. The zero-order chi connectivity index (χ0) is 13.1. The van der Waals surface area contributed by atoms with Crippen molar-refractivity contribution in [1.82, 2.24) is 9.55 Å². The van der Waals surface area contributed by atoms with Crippen molar-refractivity contribution in [1.29, 1.82) is 0 Å². The molecule has 0 aliphatic carbocycles. The van der Waals surface area contributed by atoms with Gasteiger partial charge in [-0.1, -0.05) is 0 Å². The second-order valence-corrected chi connectivity index (χ2v) is 5.14. The van der Waals surface area contributed by atoms with E-state index in [0.29, 0.717) is 13.0 Å². The first-order valence-electron chi connectivity index (χ1n) is 6.06. The van der Waals surface area contributed by atoms with E-state index in [0.717, 1.165) is 35.5 Å². The van der Waals surface area contributed by atoms with Crippen molar-refractivity contribution < 1.29 is 9.47 Å². The number of halogens is 1. The smallest absolute Gasteiger partial charge is 0.348 e. The molecule has 0 atom stereocenters. The molecule has 0 saturated carbocycles. The average molecular weight is 317 g/mol.